The molecule has 0 aliphatic rings. The summed E-state index contributed by atoms with van der Waals surface area (Å²) in [4.78, 5) is 11.7. The maximum absolute atomic E-state index is 11.7. The molecule has 0 spiro atoms. The lowest BCUT2D eigenvalue weighted by Gasteiger charge is -2.03. The average Bonchev–Trinajstić information content (AvgIpc) is 2.48. The molecule has 0 bridgehead atoms. The Bertz CT molecular complexity index is 695. The molecule has 2 rings (SSSR count). The summed E-state index contributed by atoms with van der Waals surface area (Å²) >= 11 is 0. The lowest BCUT2D eigenvalue weighted by molar-refractivity contribution is 0.0955. The van der Waals surface area contributed by atoms with Crippen molar-refractivity contribution in [1.29, 1.82) is 0 Å². The Labute approximate surface area is 119 Å². The molecule has 2 aromatic carbocycles. The van der Waals surface area contributed by atoms with Gasteiger partial charge in [0.15, 0.2) is 11.5 Å². The Kier molecular flexibility index (Phi) is 3.94. The second-order valence-corrected chi connectivity index (χ2v) is 4.12. The van der Waals surface area contributed by atoms with Gasteiger partial charge < -0.3 is 20.4 Å². The van der Waals surface area contributed by atoms with E-state index in [4.69, 9.17) is 10.2 Å². The molecule has 0 aromatic heterocycles. The third-order valence-electron chi connectivity index (χ3n) is 2.66. The van der Waals surface area contributed by atoms with E-state index in [2.05, 4.69) is 10.5 Å². The number of carbonyl (C=O) groups is 1. The van der Waals surface area contributed by atoms with Gasteiger partial charge in [-0.3, -0.25) is 4.79 Å². The lowest BCUT2D eigenvalue weighted by Crippen LogP contribution is -2.17. The van der Waals surface area contributed by atoms with Crippen LogP contribution in [0.3, 0.4) is 0 Å². The molecule has 7 heteroatoms. The Balaban J connectivity index is 2.07. The van der Waals surface area contributed by atoms with Gasteiger partial charge in [-0.1, -0.05) is 0 Å². The maximum Gasteiger partial charge on any atom is 0.271 e. The van der Waals surface area contributed by atoms with Gasteiger partial charge in [0.05, 0.1) is 6.21 Å². The number of nitrogens with one attached hydrogen (secondary N) is 1. The minimum Gasteiger partial charge on any atom is -0.508 e. The van der Waals surface area contributed by atoms with E-state index in [9.17, 15) is 15.0 Å². The largest absolute Gasteiger partial charge is 0.508 e. The number of hydrazone groups is 1. The summed E-state index contributed by atoms with van der Waals surface area (Å²) in [5.74, 6) is -2.13. The van der Waals surface area contributed by atoms with E-state index < -0.39 is 23.2 Å². The number of rotatable bonds is 3. The van der Waals surface area contributed by atoms with Crippen molar-refractivity contribution in [2.75, 3.05) is 0 Å². The highest BCUT2D eigenvalue weighted by atomic mass is 16.3. The predicted molar refractivity (Wildman–Crippen MR) is 74.6 cm³/mol. The molecule has 5 N–H and O–H groups in total. The van der Waals surface area contributed by atoms with Crippen LogP contribution in [-0.2, 0) is 0 Å². The fourth-order valence-electron chi connectivity index (χ4n) is 1.53. The van der Waals surface area contributed by atoms with Crippen molar-refractivity contribution in [3.05, 3.63) is 47.5 Å². The quantitative estimate of drug-likeness (QED) is 0.331. The molecule has 0 fully saturated rings. The van der Waals surface area contributed by atoms with Crippen LogP contribution in [0.4, 0.5) is 0 Å². The SMILES string of the molecule is O=C(NN=Cc1ccc(O)c(O)c1O)c1ccc(O)cc1. The second kappa shape index (κ2) is 5.83. The first-order valence-corrected chi connectivity index (χ1v) is 5.85. The van der Waals surface area contributed by atoms with Gasteiger partial charge in [-0.15, -0.1) is 0 Å². The monoisotopic (exact) mass is 288 g/mol. The van der Waals surface area contributed by atoms with Crippen LogP contribution in [-0.4, -0.2) is 32.5 Å². The van der Waals surface area contributed by atoms with E-state index in [1.807, 2.05) is 0 Å². The molecule has 0 unspecified atom stereocenters. The molecule has 0 radical (unpaired) electrons. The highest BCUT2D eigenvalue weighted by Gasteiger charge is 2.09. The van der Waals surface area contributed by atoms with E-state index >= 15 is 0 Å². The van der Waals surface area contributed by atoms with Crippen LogP contribution < -0.4 is 5.43 Å². The number of hydrogen-bond acceptors (Lipinski definition) is 6. The van der Waals surface area contributed by atoms with E-state index in [1.165, 1.54) is 36.4 Å². The molecule has 2 aromatic rings. The zero-order chi connectivity index (χ0) is 15.4. The van der Waals surface area contributed by atoms with E-state index in [0.29, 0.717) is 5.56 Å². The maximum atomic E-state index is 11.7. The van der Waals surface area contributed by atoms with E-state index in [1.54, 1.807) is 0 Å². The number of nitrogens with zero attached hydrogens (tertiary/aromatic N) is 1. The minimum absolute atomic E-state index is 0.0412. The number of aromatic hydroxyl groups is 4. The van der Waals surface area contributed by atoms with Crippen molar-refractivity contribution in [2.24, 2.45) is 5.10 Å². The Morgan fingerprint density at radius 1 is 0.952 bits per heavy atom. The summed E-state index contributed by atoms with van der Waals surface area (Å²) in [6.45, 7) is 0. The summed E-state index contributed by atoms with van der Waals surface area (Å²) in [5.41, 5.74) is 2.64. The Morgan fingerprint density at radius 3 is 2.29 bits per heavy atom. The number of carbonyl (C=O) groups excluding carboxylic acids is 1. The lowest BCUT2D eigenvalue weighted by atomic mass is 10.2. The summed E-state index contributed by atoms with van der Waals surface area (Å²) in [5, 5.41) is 40.8. The number of phenols is 4. The molecule has 7 nitrogen and oxygen atoms in total. The number of hydrogen-bond donors (Lipinski definition) is 5. The van der Waals surface area contributed by atoms with Gasteiger partial charge in [0.25, 0.3) is 5.91 Å². The average molecular weight is 288 g/mol. The molecule has 0 heterocycles. The first-order valence-electron chi connectivity index (χ1n) is 5.85. The van der Waals surface area contributed by atoms with Gasteiger partial charge in [-0.2, -0.15) is 5.10 Å². The molecule has 0 atom stereocenters. The zero-order valence-corrected chi connectivity index (χ0v) is 10.7. The van der Waals surface area contributed by atoms with Crippen molar-refractivity contribution in [2.45, 2.75) is 0 Å². The molecular formula is C14H12N2O5. The summed E-state index contributed by atoms with van der Waals surface area (Å²) in [6.07, 6.45) is 1.12. The van der Waals surface area contributed by atoms with Crippen molar-refractivity contribution in [1.82, 2.24) is 5.43 Å². The second-order valence-electron chi connectivity index (χ2n) is 4.12. The fourth-order valence-corrected chi connectivity index (χ4v) is 1.53. The van der Waals surface area contributed by atoms with Crippen LogP contribution >= 0.6 is 0 Å². The van der Waals surface area contributed by atoms with Gasteiger partial charge in [-0.05, 0) is 36.4 Å². The van der Waals surface area contributed by atoms with Crippen LogP contribution in [0.5, 0.6) is 23.0 Å². The summed E-state index contributed by atoms with van der Waals surface area (Å²) in [7, 11) is 0. The molecule has 0 saturated carbocycles. The normalized spacial score (nSPS) is 10.7. The van der Waals surface area contributed by atoms with Crippen molar-refractivity contribution in [3.8, 4) is 23.0 Å². The van der Waals surface area contributed by atoms with Gasteiger partial charge in [0.1, 0.15) is 5.75 Å². The third kappa shape index (κ3) is 3.21. The van der Waals surface area contributed by atoms with Crippen LogP contribution in [0.25, 0.3) is 0 Å². The minimum atomic E-state index is -0.663. The van der Waals surface area contributed by atoms with Crippen molar-refractivity contribution in [3.63, 3.8) is 0 Å². The zero-order valence-electron chi connectivity index (χ0n) is 10.7. The van der Waals surface area contributed by atoms with Crippen molar-refractivity contribution < 1.29 is 25.2 Å². The standard InChI is InChI=1S/C14H12N2O5/c17-10-4-1-8(2-5-10)14(21)16-15-7-9-3-6-11(18)13(20)12(9)19/h1-7,17-20H,(H,16,21). The number of benzene rings is 2. The van der Waals surface area contributed by atoms with Gasteiger partial charge in [0, 0.05) is 11.1 Å². The number of phenolic OH excluding ortho intramolecular Hbond substituents is 4. The highest BCUT2D eigenvalue weighted by molar-refractivity contribution is 5.95. The summed E-state index contributed by atoms with van der Waals surface area (Å²) in [6, 6.07) is 8.07. The van der Waals surface area contributed by atoms with E-state index in [0.717, 1.165) is 6.21 Å². The third-order valence-corrected chi connectivity index (χ3v) is 2.66. The van der Waals surface area contributed by atoms with E-state index in [-0.39, 0.29) is 11.3 Å². The topological polar surface area (TPSA) is 122 Å². The van der Waals surface area contributed by atoms with Crippen LogP contribution in [0.15, 0.2) is 41.5 Å². The fraction of sp³-hybridized carbons (Fsp3) is 0. The first kappa shape index (κ1) is 14.2. The van der Waals surface area contributed by atoms with Crippen molar-refractivity contribution >= 4 is 12.1 Å². The van der Waals surface area contributed by atoms with Gasteiger partial charge in [-0.25, -0.2) is 5.43 Å². The van der Waals surface area contributed by atoms with Gasteiger partial charge >= 0.3 is 0 Å². The smallest absolute Gasteiger partial charge is 0.271 e. The van der Waals surface area contributed by atoms with Gasteiger partial charge in [0.2, 0.25) is 5.75 Å². The Hall–Kier alpha value is -3.22. The number of amides is 1. The van der Waals surface area contributed by atoms with Crippen LogP contribution in [0.2, 0.25) is 0 Å². The first-order chi connectivity index (χ1) is 9.99. The van der Waals surface area contributed by atoms with Crippen LogP contribution in [0, 0.1) is 0 Å². The molecule has 0 aliphatic heterocycles. The molecule has 0 saturated heterocycles. The molecule has 21 heavy (non-hydrogen) atoms. The molecular weight excluding hydrogens is 276 g/mol. The Morgan fingerprint density at radius 2 is 1.62 bits per heavy atom. The molecule has 1 amide bonds. The highest BCUT2D eigenvalue weighted by Crippen LogP contribution is 2.36. The predicted octanol–water partition coefficient (Wildman–Crippen LogP) is 1.27. The van der Waals surface area contributed by atoms with Crippen LogP contribution in [0.1, 0.15) is 15.9 Å². The molecule has 108 valence electrons. The molecule has 0 aliphatic carbocycles. The summed E-state index contributed by atoms with van der Waals surface area (Å²) < 4.78 is 0.